The number of aromatic nitrogens is 2. The summed E-state index contributed by atoms with van der Waals surface area (Å²) in [5, 5.41) is 7.10. The van der Waals surface area contributed by atoms with E-state index in [0.29, 0.717) is 10.6 Å². The van der Waals surface area contributed by atoms with Crippen molar-refractivity contribution in [2.45, 2.75) is 13.8 Å². The third-order valence-corrected chi connectivity index (χ3v) is 2.97. The van der Waals surface area contributed by atoms with Crippen LogP contribution in [-0.2, 0) is 0 Å². The number of carbonyl (C=O) groups excluding carboxylic acids is 2. The second kappa shape index (κ2) is 5.88. The zero-order valence-corrected chi connectivity index (χ0v) is 11.9. The van der Waals surface area contributed by atoms with Gasteiger partial charge in [0.25, 0.3) is 11.8 Å². The number of nitrogens with one attached hydrogen (secondary N) is 1. The second-order valence-electron chi connectivity index (χ2n) is 4.43. The first-order valence-corrected chi connectivity index (χ1v) is 6.45. The Morgan fingerprint density at radius 2 is 2.05 bits per heavy atom. The lowest BCUT2D eigenvalue weighted by Crippen LogP contribution is -2.33. The van der Waals surface area contributed by atoms with E-state index in [1.807, 2.05) is 0 Å². The van der Waals surface area contributed by atoms with Crippen molar-refractivity contribution in [1.29, 1.82) is 0 Å². The van der Waals surface area contributed by atoms with Crippen LogP contribution in [0, 0.1) is 13.8 Å². The highest BCUT2D eigenvalue weighted by Crippen LogP contribution is 2.10. The highest BCUT2D eigenvalue weighted by molar-refractivity contribution is 6.30. The van der Waals surface area contributed by atoms with Gasteiger partial charge >= 0.3 is 0 Å². The fraction of sp³-hybridized carbons (Fsp3) is 0.214. The van der Waals surface area contributed by atoms with E-state index in [4.69, 9.17) is 11.6 Å². The van der Waals surface area contributed by atoms with E-state index in [-0.39, 0.29) is 18.4 Å². The van der Waals surface area contributed by atoms with Gasteiger partial charge in [-0.15, -0.1) is 0 Å². The van der Waals surface area contributed by atoms with E-state index in [1.165, 1.54) is 4.68 Å². The van der Waals surface area contributed by atoms with Crippen LogP contribution in [0.15, 0.2) is 30.3 Å². The Bertz CT molecular complexity index is 664. The van der Waals surface area contributed by atoms with Gasteiger partial charge in [-0.05, 0) is 38.1 Å². The maximum atomic E-state index is 11.9. The molecule has 1 amide bonds. The largest absolute Gasteiger partial charge is 0.343 e. The third kappa shape index (κ3) is 3.24. The van der Waals surface area contributed by atoms with Crippen LogP contribution in [0.25, 0.3) is 0 Å². The van der Waals surface area contributed by atoms with Crippen LogP contribution in [0.4, 0.5) is 0 Å². The van der Waals surface area contributed by atoms with Crippen molar-refractivity contribution in [2.75, 3.05) is 6.54 Å². The van der Waals surface area contributed by atoms with Gasteiger partial charge in [0.15, 0.2) is 0 Å². The van der Waals surface area contributed by atoms with Gasteiger partial charge in [0.1, 0.15) is 0 Å². The smallest absolute Gasteiger partial charge is 0.266 e. The van der Waals surface area contributed by atoms with E-state index in [1.54, 1.807) is 44.2 Å². The van der Waals surface area contributed by atoms with E-state index >= 15 is 0 Å². The van der Waals surface area contributed by atoms with E-state index in [0.717, 1.165) is 11.4 Å². The quantitative estimate of drug-likeness (QED) is 0.943. The molecule has 5 nitrogen and oxygen atoms in total. The number of benzene rings is 1. The van der Waals surface area contributed by atoms with Gasteiger partial charge < -0.3 is 5.32 Å². The molecule has 1 heterocycles. The van der Waals surface area contributed by atoms with Crippen molar-refractivity contribution in [1.82, 2.24) is 15.1 Å². The lowest BCUT2D eigenvalue weighted by molar-refractivity contribution is 0.0848. The van der Waals surface area contributed by atoms with Gasteiger partial charge in [-0.2, -0.15) is 5.10 Å². The molecule has 1 aromatic carbocycles. The van der Waals surface area contributed by atoms with Gasteiger partial charge in [-0.3, -0.25) is 9.59 Å². The summed E-state index contributed by atoms with van der Waals surface area (Å²) in [6.45, 7) is 3.48. The Balaban J connectivity index is 2.00. The van der Waals surface area contributed by atoms with Gasteiger partial charge in [0, 0.05) is 16.3 Å². The molecule has 0 atom stereocenters. The molecule has 20 heavy (non-hydrogen) atoms. The summed E-state index contributed by atoms with van der Waals surface area (Å²) < 4.78 is 1.29. The fourth-order valence-corrected chi connectivity index (χ4v) is 2.03. The first-order chi connectivity index (χ1) is 9.47. The molecule has 0 saturated carbocycles. The molecule has 0 aliphatic rings. The summed E-state index contributed by atoms with van der Waals surface area (Å²) in [7, 11) is 0. The molecule has 0 fully saturated rings. The molecule has 2 aromatic rings. The van der Waals surface area contributed by atoms with E-state index in [9.17, 15) is 9.59 Å². The van der Waals surface area contributed by atoms with E-state index in [2.05, 4.69) is 10.4 Å². The number of halogens is 1. The minimum atomic E-state index is -0.345. The Labute approximate surface area is 121 Å². The number of hydrogen-bond acceptors (Lipinski definition) is 3. The highest BCUT2D eigenvalue weighted by atomic mass is 35.5. The van der Waals surface area contributed by atoms with Crippen LogP contribution < -0.4 is 5.32 Å². The van der Waals surface area contributed by atoms with Crippen molar-refractivity contribution in [3.63, 3.8) is 0 Å². The van der Waals surface area contributed by atoms with Gasteiger partial charge in [-0.1, -0.05) is 17.7 Å². The number of nitrogens with zero attached hydrogens (tertiary/aromatic N) is 2. The van der Waals surface area contributed by atoms with Gasteiger partial charge in [0.05, 0.1) is 12.2 Å². The molecule has 2 rings (SSSR count). The number of carbonyl (C=O) groups is 2. The van der Waals surface area contributed by atoms with Crippen molar-refractivity contribution in [3.8, 4) is 0 Å². The molecule has 0 aliphatic heterocycles. The summed E-state index contributed by atoms with van der Waals surface area (Å²) in [6, 6.07) is 8.34. The molecular formula is C14H14ClN3O2. The van der Waals surface area contributed by atoms with Crippen LogP contribution in [0.1, 0.15) is 26.5 Å². The molecule has 0 unspecified atom stereocenters. The van der Waals surface area contributed by atoms with Crippen LogP contribution in [-0.4, -0.2) is 28.1 Å². The monoisotopic (exact) mass is 291 g/mol. The third-order valence-electron chi connectivity index (χ3n) is 2.73. The van der Waals surface area contributed by atoms with Crippen molar-refractivity contribution >= 4 is 23.4 Å². The topological polar surface area (TPSA) is 64.0 Å². The SMILES string of the molecule is Cc1cc(C)n(C(=O)CNC(=O)c2cccc(Cl)c2)n1. The summed E-state index contributed by atoms with van der Waals surface area (Å²) >= 11 is 5.81. The molecule has 0 aliphatic carbocycles. The van der Waals surface area contributed by atoms with Gasteiger partial charge in [0.2, 0.25) is 0 Å². The summed E-state index contributed by atoms with van der Waals surface area (Å²) in [5.74, 6) is -0.631. The Kier molecular flexibility index (Phi) is 4.20. The predicted octanol–water partition coefficient (Wildman–Crippen LogP) is 2.22. The molecule has 0 saturated heterocycles. The predicted molar refractivity (Wildman–Crippen MR) is 76.1 cm³/mol. The molecule has 0 bridgehead atoms. The average molecular weight is 292 g/mol. The average Bonchev–Trinajstić information content (AvgIpc) is 2.74. The van der Waals surface area contributed by atoms with Crippen LogP contribution in [0.2, 0.25) is 5.02 Å². The summed E-state index contributed by atoms with van der Waals surface area (Å²) in [6.07, 6.45) is 0. The molecule has 104 valence electrons. The fourth-order valence-electron chi connectivity index (χ4n) is 1.84. The van der Waals surface area contributed by atoms with Crippen LogP contribution in [0.3, 0.4) is 0 Å². The Morgan fingerprint density at radius 1 is 1.30 bits per heavy atom. The maximum absolute atomic E-state index is 11.9. The maximum Gasteiger partial charge on any atom is 0.266 e. The minimum Gasteiger partial charge on any atom is -0.343 e. The lowest BCUT2D eigenvalue weighted by atomic mass is 10.2. The molecule has 0 radical (unpaired) electrons. The number of aryl methyl sites for hydroxylation is 2. The van der Waals surface area contributed by atoms with Crippen LogP contribution in [0.5, 0.6) is 0 Å². The van der Waals surface area contributed by atoms with E-state index < -0.39 is 0 Å². The van der Waals surface area contributed by atoms with Crippen molar-refractivity contribution < 1.29 is 9.59 Å². The first kappa shape index (κ1) is 14.3. The Morgan fingerprint density at radius 3 is 2.65 bits per heavy atom. The zero-order chi connectivity index (χ0) is 14.7. The summed E-state index contributed by atoms with van der Waals surface area (Å²) in [4.78, 5) is 23.8. The van der Waals surface area contributed by atoms with Crippen molar-refractivity contribution in [3.05, 3.63) is 52.3 Å². The molecular weight excluding hydrogens is 278 g/mol. The molecule has 6 heteroatoms. The molecule has 1 N–H and O–H groups in total. The highest BCUT2D eigenvalue weighted by Gasteiger charge is 2.12. The standard InChI is InChI=1S/C14H14ClN3O2/c1-9-6-10(2)18(17-9)13(19)8-16-14(20)11-4-3-5-12(15)7-11/h3-7H,8H2,1-2H3,(H,16,20). The second-order valence-corrected chi connectivity index (χ2v) is 4.86. The first-order valence-electron chi connectivity index (χ1n) is 6.07. The number of amides is 1. The normalized spacial score (nSPS) is 10.3. The summed E-state index contributed by atoms with van der Waals surface area (Å²) in [5.41, 5.74) is 1.92. The van der Waals surface area contributed by atoms with Gasteiger partial charge in [-0.25, -0.2) is 4.68 Å². The van der Waals surface area contributed by atoms with Crippen molar-refractivity contribution in [2.24, 2.45) is 0 Å². The van der Waals surface area contributed by atoms with Crippen LogP contribution >= 0.6 is 11.6 Å². The lowest BCUT2D eigenvalue weighted by Gasteiger charge is -2.06. The Hall–Kier alpha value is -2.14. The minimum absolute atomic E-state index is 0.118. The molecule has 1 aromatic heterocycles. The molecule has 0 spiro atoms. The number of rotatable bonds is 3. The number of hydrogen-bond donors (Lipinski definition) is 1. The zero-order valence-electron chi connectivity index (χ0n) is 11.2.